The highest BCUT2D eigenvalue weighted by molar-refractivity contribution is 5.97. The standard InChI is InChI=1S/C16H17N5O4/c22-14(10-20-9-12(16(24)25)18-19-20)17-8-15(23)21-7-3-5-11-4-1-2-6-13(11)21/h1-2,4,6,9H,3,5,7-8,10H2,(H,17,22)(H,24,25). The molecule has 3 rings (SSSR count). The van der Waals surface area contributed by atoms with Crippen molar-refractivity contribution in [1.82, 2.24) is 20.3 Å². The van der Waals surface area contributed by atoms with Crippen molar-refractivity contribution in [1.29, 1.82) is 0 Å². The number of aromatic nitrogens is 3. The average Bonchev–Trinajstić information content (AvgIpc) is 3.08. The molecule has 0 atom stereocenters. The molecule has 2 amide bonds. The molecule has 1 aromatic carbocycles. The lowest BCUT2D eigenvalue weighted by Crippen LogP contribution is -2.43. The van der Waals surface area contributed by atoms with Crippen LogP contribution in [0.3, 0.4) is 0 Å². The number of benzene rings is 1. The quantitative estimate of drug-likeness (QED) is 0.793. The van der Waals surface area contributed by atoms with Gasteiger partial charge < -0.3 is 15.3 Å². The van der Waals surface area contributed by atoms with Crippen molar-refractivity contribution in [2.45, 2.75) is 19.4 Å². The van der Waals surface area contributed by atoms with Gasteiger partial charge in [0.15, 0.2) is 5.69 Å². The minimum Gasteiger partial charge on any atom is -0.476 e. The number of amides is 2. The minimum absolute atomic E-state index is 0.131. The van der Waals surface area contributed by atoms with Crippen molar-refractivity contribution in [3.8, 4) is 0 Å². The van der Waals surface area contributed by atoms with Gasteiger partial charge in [-0.1, -0.05) is 23.4 Å². The van der Waals surface area contributed by atoms with E-state index in [-0.39, 0.29) is 24.7 Å². The minimum atomic E-state index is -1.22. The number of carbonyl (C=O) groups is 3. The van der Waals surface area contributed by atoms with Gasteiger partial charge in [-0.15, -0.1) is 5.10 Å². The van der Waals surface area contributed by atoms with Gasteiger partial charge in [0.05, 0.1) is 12.7 Å². The van der Waals surface area contributed by atoms with Crippen molar-refractivity contribution in [3.05, 3.63) is 41.7 Å². The van der Waals surface area contributed by atoms with Crippen LogP contribution in [0, 0.1) is 0 Å². The summed E-state index contributed by atoms with van der Waals surface area (Å²) in [6.45, 7) is 0.286. The summed E-state index contributed by atoms with van der Waals surface area (Å²) in [4.78, 5) is 36.7. The molecule has 0 unspecified atom stereocenters. The third kappa shape index (κ3) is 3.82. The fraction of sp³-hybridized carbons (Fsp3) is 0.312. The van der Waals surface area contributed by atoms with Gasteiger partial charge in [0.1, 0.15) is 6.54 Å². The maximum atomic E-state index is 12.4. The molecule has 0 radical (unpaired) electrons. The van der Waals surface area contributed by atoms with Crippen LogP contribution in [0.1, 0.15) is 22.5 Å². The fourth-order valence-electron chi connectivity index (χ4n) is 2.74. The fourth-order valence-corrected chi connectivity index (χ4v) is 2.74. The smallest absolute Gasteiger partial charge is 0.358 e. The summed E-state index contributed by atoms with van der Waals surface area (Å²) in [6, 6.07) is 7.72. The molecule has 0 aliphatic carbocycles. The Hall–Kier alpha value is -3.23. The van der Waals surface area contributed by atoms with E-state index in [2.05, 4.69) is 15.6 Å². The predicted octanol–water partition coefficient (Wildman–Crippen LogP) is 0.0719. The number of carboxylic acids is 1. The zero-order chi connectivity index (χ0) is 17.8. The molecule has 2 heterocycles. The largest absolute Gasteiger partial charge is 0.476 e. The predicted molar refractivity (Wildman–Crippen MR) is 87.1 cm³/mol. The van der Waals surface area contributed by atoms with Crippen LogP contribution < -0.4 is 10.2 Å². The summed E-state index contributed by atoms with van der Waals surface area (Å²) in [5.74, 6) is -1.85. The summed E-state index contributed by atoms with van der Waals surface area (Å²) in [7, 11) is 0. The summed E-state index contributed by atoms with van der Waals surface area (Å²) in [5, 5.41) is 18.3. The molecule has 1 aliphatic heterocycles. The van der Waals surface area contributed by atoms with E-state index in [1.54, 1.807) is 4.90 Å². The summed E-state index contributed by atoms with van der Waals surface area (Å²) in [5.41, 5.74) is 1.77. The number of anilines is 1. The third-order valence-electron chi connectivity index (χ3n) is 3.91. The second-order valence-corrected chi connectivity index (χ2v) is 5.66. The van der Waals surface area contributed by atoms with Crippen molar-refractivity contribution >= 4 is 23.5 Å². The van der Waals surface area contributed by atoms with Gasteiger partial charge in [-0.05, 0) is 24.5 Å². The number of nitrogens with zero attached hydrogens (tertiary/aromatic N) is 4. The lowest BCUT2D eigenvalue weighted by molar-refractivity contribution is -0.125. The molecule has 0 fully saturated rings. The van der Waals surface area contributed by atoms with E-state index >= 15 is 0 Å². The van der Waals surface area contributed by atoms with Crippen LogP contribution in [0.5, 0.6) is 0 Å². The Bertz CT molecular complexity index is 816. The Morgan fingerprint density at radius 1 is 1.24 bits per heavy atom. The second kappa shape index (κ2) is 7.12. The molecule has 0 saturated carbocycles. The van der Waals surface area contributed by atoms with Crippen LogP contribution in [0.15, 0.2) is 30.5 Å². The molecule has 2 aromatic rings. The first-order valence-electron chi connectivity index (χ1n) is 7.83. The van der Waals surface area contributed by atoms with E-state index in [4.69, 9.17) is 5.11 Å². The van der Waals surface area contributed by atoms with Crippen LogP contribution in [0.4, 0.5) is 5.69 Å². The van der Waals surface area contributed by atoms with Crippen LogP contribution in [-0.2, 0) is 22.6 Å². The molecule has 9 nitrogen and oxygen atoms in total. The molecule has 1 aliphatic rings. The number of hydrogen-bond acceptors (Lipinski definition) is 5. The second-order valence-electron chi connectivity index (χ2n) is 5.66. The number of rotatable bonds is 5. The Labute approximate surface area is 143 Å². The van der Waals surface area contributed by atoms with E-state index in [1.807, 2.05) is 24.3 Å². The molecular weight excluding hydrogens is 326 g/mol. The van der Waals surface area contributed by atoms with Gasteiger partial charge in [0, 0.05) is 12.2 Å². The lowest BCUT2D eigenvalue weighted by Gasteiger charge is -2.29. The molecule has 0 spiro atoms. The number of carbonyl (C=O) groups excluding carboxylic acids is 2. The zero-order valence-electron chi connectivity index (χ0n) is 13.4. The van der Waals surface area contributed by atoms with Gasteiger partial charge in [0.2, 0.25) is 11.8 Å². The Kier molecular flexibility index (Phi) is 4.73. The van der Waals surface area contributed by atoms with E-state index < -0.39 is 11.9 Å². The van der Waals surface area contributed by atoms with Gasteiger partial charge >= 0.3 is 5.97 Å². The third-order valence-corrected chi connectivity index (χ3v) is 3.91. The van der Waals surface area contributed by atoms with Crippen molar-refractivity contribution in [2.75, 3.05) is 18.0 Å². The Balaban J connectivity index is 1.55. The van der Waals surface area contributed by atoms with Crippen molar-refractivity contribution < 1.29 is 19.5 Å². The van der Waals surface area contributed by atoms with Gasteiger partial charge in [-0.25, -0.2) is 9.48 Å². The molecule has 0 saturated heterocycles. The van der Waals surface area contributed by atoms with E-state index in [1.165, 1.54) is 0 Å². The first kappa shape index (κ1) is 16.6. The monoisotopic (exact) mass is 343 g/mol. The van der Waals surface area contributed by atoms with Crippen LogP contribution >= 0.6 is 0 Å². The first-order valence-corrected chi connectivity index (χ1v) is 7.83. The zero-order valence-corrected chi connectivity index (χ0v) is 13.4. The molecule has 25 heavy (non-hydrogen) atoms. The number of hydrogen-bond donors (Lipinski definition) is 2. The highest BCUT2D eigenvalue weighted by atomic mass is 16.4. The summed E-state index contributed by atoms with van der Waals surface area (Å²) < 4.78 is 1.11. The normalized spacial score (nSPS) is 13.2. The maximum Gasteiger partial charge on any atom is 0.358 e. The Morgan fingerprint density at radius 2 is 2.04 bits per heavy atom. The number of aromatic carboxylic acids is 1. The average molecular weight is 343 g/mol. The maximum absolute atomic E-state index is 12.4. The number of fused-ring (bicyclic) bond motifs is 1. The molecule has 1 aromatic heterocycles. The van der Waals surface area contributed by atoms with Crippen LogP contribution in [0.2, 0.25) is 0 Å². The molecule has 130 valence electrons. The SMILES string of the molecule is O=C(Cn1cc(C(=O)O)nn1)NCC(=O)N1CCCc2ccccc21. The summed E-state index contributed by atoms with van der Waals surface area (Å²) in [6.07, 6.45) is 2.97. The van der Waals surface area contributed by atoms with Gasteiger partial charge in [-0.2, -0.15) is 0 Å². The number of para-hydroxylation sites is 1. The van der Waals surface area contributed by atoms with E-state index in [9.17, 15) is 14.4 Å². The molecular formula is C16H17N5O4. The van der Waals surface area contributed by atoms with Gasteiger partial charge in [0.25, 0.3) is 0 Å². The Morgan fingerprint density at radius 3 is 2.80 bits per heavy atom. The topological polar surface area (TPSA) is 117 Å². The molecule has 2 N–H and O–H groups in total. The number of carboxylic acid groups (broad SMARTS) is 1. The molecule has 0 bridgehead atoms. The number of aryl methyl sites for hydroxylation is 1. The highest BCUT2D eigenvalue weighted by Gasteiger charge is 2.22. The van der Waals surface area contributed by atoms with E-state index in [0.717, 1.165) is 35.0 Å². The summed E-state index contributed by atoms with van der Waals surface area (Å²) >= 11 is 0. The molecule has 9 heteroatoms. The van der Waals surface area contributed by atoms with Crippen LogP contribution in [-0.4, -0.2) is 51.0 Å². The van der Waals surface area contributed by atoms with Crippen LogP contribution in [0.25, 0.3) is 0 Å². The lowest BCUT2D eigenvalue weighted by atomic mass is 10.0. The van der Waals surface area contributed by atoms with Crippen molar-refractivity contribution in [3.63, 3.8) is 0 Å². The first-order chi connectivity index (χ1) is 12.0. The van der Waals surface area contributed by atoms with Gasteiger partial charge in [-0.3, -0.25) is 9.59 Å². The van der Waals surface area contributed by atoms with Crippen molar-refractivity contribution in [2.24, 2.45) is 0 Å². The van der Waals surface area contributed by atoms with E-state index in [0.29, 0.717) is 6.54 Å². The highest BCUT2D eigenvalue weighted by Crippen LogP contribution is 2.26. The number of nitrogens with one attached hydrogen (secondary N) is 1.